The Labute approximate surface area is 247 Å². The molecule has 43 heavy (non-hydrogen) atoms. The maximum atomic E-state index is 12.7. The van der Waals surface area contributed by atoms with Crippen molar-refractivity contribution in [2.75, 3.05) is 19.8 Å². The van der Waals surface area contributed by atoms with Crippen LogP contribution in [0.25, 0.3) is 5.70 Å². The van der Waals surface area contributed by atoms with Gasteiger partial charge >= 0.3 is 12.3 Å². The number of esters is 1. The van der Waals surface area contributed by atoms with Gasteiger partial charge in [0.25, 0.3) is 5.91 Å². The first-order chi connectivity index (χ1) is 20.0. The third-order valence-electron chi connectivity index (χ3n) is 6.44. The van der Waals surface area contributed by atoms with Crippen LogP contribution in [0, 0.1) is 5.41 Å². The number of ether oxygens (including phenoxy) is 3. The largest absolute Gasteiger partial charge is 0.573 e. The number of nitrogens with zero attached hydrogens (tertiary/aromatic N) is 2. The molecule has 11 nitrogen and oxygen atoms in total. The lowest BCUT2D eigenvalue weighted by Gasteiger charge is -2.32. The van der Waals surface area contributed by atoms with Crippen molar-refractivity contribution in [2.45, 2.75) is 52.5 Å². The molecule has 0 radical (unpaired) electrons. The second kappa shape index (κ2) is 13.7. The van der Waals surface area contributed by atoms with Gasteiger partial charge in [-0.3, -0.25) is 19.4 Å². The second-order valence-electron chi connectivity index (χ2n) is 11.1. The number of rotatable bonds is 10. The van der Waals surface area contributed by atoms with Crippen molar-refractivity contribution in [3.63, 3.8) is 0 Å². The number of hydrogen-bond donors (Lipinski definition) is 3. The van der Waals surface area contributed by atoms with E-state index in [0.29, 0.717) is 37.1 Å². The zero-order chi connectivity index (χ0) is 31.9. The average molecular weight is 608 g/mol. The number of hydrazine groups is 1. The van der Waals surface area contributed by atoms with Gasteiger partial charge in [0.1, 0.15) is 17.6 Å². The van der Waals surface area contributed by atoms with Crippen LogP contribution in [-0.4, -0.2) is 60.0 Å². The van der Waals surface area contributed by atoms with Crippen LogP contribution in [0.4, 0.5) is 13.2 Å². The van der Waals surface area contributed by atoms with Crippen LogP contribution in [0.5, 0.6) is 11.5 Å². The number of hydrogen-bond acceptors (Lipinski definition) is 9. The van der Waals surface area contributed by atoms with Crippen molar-refractivity contribution in [1.82, 2.24) is 9.91 Å². The SMILES string of the molecule is CC(C)(C)C(=O)OCN(N)/C=C(\N)c1ccc(OC2CCN(C(=O)Cc3ccc(OC(F)(F)F)cc3)CC2)c(C(N)=O)c1. The van der Waals surface area contributed by atoms with Gasteiger partial charge in [0, 0.05) is 32.1 Å². The lowest BCUT2D eigenvalue weighted by molar-refractivity contribution is -0.274. The summed E-state index contributed by atoms with van der Waals surface area (Å²) in [4.78, 5) is 38.5. The van der Waals surface area contributed by atoms with Gasteiger partial charge in [0.2, 0.25) is 5.91 Å². The zero-order valence-corrected chi connectivity index (χ0v) is 24.1. The van der Waals surface area contributed by atoms with Crippen molar-refractivity contribution in [3.8, 4) is 11.5 Å². The number of primary amides is 1. The van der Waals surface area contributed by atoms with E-state index in [1.165, 1.54) is 24.4 Å². The molecule has 2 amide bonds. The fraction of sp³-hybridized carbons (Fsp3) is 0.414. The van der Waals surface area contributed by atoms with Crippen molar-refractivity contribution < 1.29 is 41.8 Å². The number of alkyl halides is 3. The highest BCUT2D eigenvalue weighted by molar-refractivity contribution is 5.96. The molecule has 0 aliphatic carbocycles. The molecule has 0 atom stereocenters. The molecule has 0 bridgehead atoms. The van der Waals surface area contributed by atoms with E-state index in [-0.39, 0.29) is 47.9 Å². The predicted octanol–water partition coefficient (Wildman–Crippen LogP) is 3.28. The van der Waals surface area contributed by atoms with Gasteiger partial charge in [0.15, 0.2) is 6.73 Å². The van der Waals surface area contributed by atoms with Gasteiger partial charge < -0.3 is 30.6 Å². The Morgan fingerprint density at radius 1 is 1.02 bits per heavy atom. The van der Waals surface area contributed by atoms with Crippen LogP contribution in [0.3, 0.4) is 0 Å². The molecule has 14 heteroatoms. The van der Waals surface area contributed by atoms with E-state index in [1.807, 2.05) is 0 Å². The summed E-state index contributed by atoms with van der Waals surface area (Å²) in [5, 5.41) is 1.10. The molecular formula is C29H36F3N5O6. The highest BCUT2D eigenvalue weighted by atomic mass is 19.4. The standard InChI is InChI=1S/C29H36F3N5O6/c1-28(2,3)27(40)41-17-37(35)16-23(33)19-6-9-24(22(15-19)26(34)39)42-20-10-12-36(13-11-20)25(38)14-18-4-7-21(8-5-18)43-29(30,31)32/h4-9,15-16,20H,10-14,17,33,35H2,1-3H3,(H2,34,39)/b23-16-. The molecule has 1 heterocycles. The molecule has 0 saturated carbocycles. The second-order valence-corrected chi connectivity index (χ2v) is 11.1. The smallest absolute Gasteiger partial charge is 0.489 e. The molecule has 0 unspecified atom stereocenters. The summed E-state index contributed by atoms with van der Waals surface area (Å²) in [5.74, 6) is 4.44. The topological polar surface area (TPSA) is 163 Å². The fourth-order valence-corrected chi connectivity index (χ4v) is 4.14. The minimum atomic E-state index is -4.79. The summed E-state index contributed by atoms with van der Waals surface area (Å²) in [7, 11) is 0. The minimum absolute atomic E-state index is 0.0271. The number of halogens is 3. The van der Waals surface area contributed by atoms with E-state index in [1.54, 1.807) is 37.8 Å². The zero-order valence-electron chi connectivity index (χ0n) is 24.1. The molecule has 2 aromatic rings. The summed E-state index contributed by atoms with van der Waals surface area (Å²) in [6.45, 7) is 5.69. The van der Waals surface area contributed by atoms with Crippen LogP contribution < -0.4 is 26.8 Å². The third-order valence-corrected chi connectivity index (χ3v) is 6.44. The Hall–Kier alpha value is -4.46. The van der Waals surface area contributed by atoms with E-state index in [4.69, 9.17) is 26.8 Å². The molecule has 1 saturated heterocycles. The molecule has 1 aliphatic rings. The minimum Gasteiger partial charge on any atom is -0.489 e. The highest BCUT2D eigenvalue weighted by Crippen LogP contribution is 2.27. The number of nitrogens with two attached hydrogens (primary N) is 3. The normalized spacial score (nSPS) is 14.7. The summed E-state index contributed by atoms with van der Waals surface area (Å²) >= 11 is 0. The van der Waals surface area contributed by atoms with Gasteiger partial charge in [-0.25, -0.2) is 5.84 Å². The quantitative estimate of drug-likeness (QED) is 0.159. The summed E-state index contributed by atoms with van der Waals surface area (Å²) in [5.41, 5.74) is 12.3. The van der Waals surface area contributed by atoms with E-state index >= 15 is 0 Å². The molecule has 0 spiro atoms. The predicted molar refractivity (Wildman–Crippen MR) is 151 cm³/mol. The Morgan fingerprint density at radius 3 is 2.21 bits per heavy atom. The summed E-state index contributed by atoms with van der Waals surface area (Å²) in [6, 6.07) is 9.84. The van der Waals surface area contributed by atoms with E-state index < -0.39 is 23.7 Å². The van der Waals surface area contributed by atoms with Crippen molar-refractivity contribution in [1.29, 1.82) is 0 Å². The van der Waals surface area contributed by atoms with Crippen molar-refractivity contribution in [3.05, 3.63) is 65.4 Å². The molecule has 2 aromatic carbocycles. The molecule has 234 valence electrons. The van der Waals surface area contributed by atoms with Gasteiger partial charge in [0.05, 0.1) is 23.1 Å². The number of amides is 2. The first-order valence-electron chi connectivity index (χ1n) is 13.4. The van der Waals surface area contributed by atoms with Crippen LogP contribution >= 0.6 is 0 Å². The van der Waals surface area contributed by atoms with Crippen molar-refractivity contribution >= 4 is 23.5 Å². The lowest BCUT2D eigenvalue weighted by atomic mass is 9.98. The van der Waals surface area contributed by atoms with Gasteiger partial charge in [-0.15, -0.1) is 13.2 Å². The molecule has 3 rings (SSSR count). The molecule has 1 aliphatic heterocycles. The van der Waals surface area contributed by atoms with Crippen LogP contribution in [0.15, 0.2) is 48.7 Å². The Balaban J connectivity index is 1.56. The Bertz CT molecular complexity index is 1330. The summed E-state index contributed by atoms with van der Waals surface area (Å²) < 4.78 is 52.1. The van der Waals surface area contributed by atoms with Crippen LogP contribution in [0.2, 0.25) is 0 Å². The molecule has 1 fully saturated rings. The first kappa shape index (κ1) is 33.0. The number of benzene rings is 2. The highest BCUT2D eigenvalue weighted by Gasteiger charge is 2.31. The van der Waals surface area contributed by atoms with E-state index in [2.05, 4.69) is 4.74 Å². The van der Waals surface area contributed by atoms with E-state index in [0.717, 1.165) is 17.1 Å². The third kappa shape index (κ3) is 10.1. The molecular weight excluding hydrogens is 571 g/mol. The lowest BCUT2D eigenvalue weighted by Crippen LogP contribution is -2.42. The van der Waals surface area contributed by atoms with E-state index in [9.17, 15) is 27.6 Å². The first-order valence-corrected chi connectivity index (χ1v) is 13.4. The average Bonchev–Trinajstić information content (AvgIpc) is 2.91. The maximum Gasteiger partial charge on any atom is 0.573 e. The van der Waals surface area contributed by atoms with Gasteiger partial charge in [-0.2, -0.15) is 0 Å². The van der Waals surface area contributed by atoms with Crippen molar-refractivity contribution in [2.24, 2.45) is 22.7 Å². The van der Waals surface area contributed by atoms with Gasteiger partial charge in [-0.05, 0) is 62.2 Å². The summed E-state index contributed by atoms with van der Waals surface area (Å²) in [6.07, 6.45) is -2.72. The molecule has 6 N–H and O–H groups in total. The van der Waals surface area contributed by atoms with Gasteiger partial charge in [-0.1, -0.05) is 12.1 Å². The fourth-order valence-electron chi connectivity index (χ4n) is 4.14. The molecule has 0 aromatic heterocycles. The Morgan fingerprint density at radius 2 is 1.65 bits per heavy atom. The maximum absolute atomic E-state index is 12.7. The Kier molecular flexibility index (Phi) is 10.5. The van der Waals surface area contributed by atoms with Crippen LogP contribution in [0.1, 0.15) is 55.1 Å². The van der Waals surface area contributed by atoms with Crippen LogP contribution in [-0.2, 0) is 20.7 Å². The number of piperidine rings is 1. The monoisotopic (exact) mass is 607 g/mol. The number of likely N-dealkylation sites (tertiary alicyclic amines) is 1. The number of carbonyl (C=O) groups excluding carboxylic acids is 3. The number of carbonyl (C=O) groups is 3.